The number of esters is 1. The number of nitrogens with zero attached hydrogens (tertiary/aromatic N) is 2. The van der Waals surface area contributed by atoms with E-state index in [4.69, 9.17) is 9.47 Å². The van der Waals surface area contributed by atoms with E-state index in [1.807, 2.05) is 6.92 Å². The minimum Gasteiger partial charge on any atom is -0.497 e. The van der Waals surface area contributed by atoms with E-state index in [1.54, 1.807) is 56.1 Å². The zero-order valence-corrected chi connectivity index (χ0v) is 17.7. The lowest BCUT2D eigenvalue weighted by atomic mass is 10.2. The highest BCUT2D eigenvalue weighted by molar-refractivity contribution is 5.96. The molecule has 0 aliphatic rings. The SMILES string of the molecule is COc1ccc(/C=C/C(=O)N[C@@H](C)C(=O)OCC(=O)Nc2c(C)nn(C)c2C)cc1. The first-order valence-electron chi connectivity index (χ1n) is 9.30. The third-order valence-corrected chi connectivity index (χ3v) is 4.37. The van der Waals surface area contributed by atoms with Crippen molar-refractivity contribution >= 4 is 29.5 Å². The van der Waals surface area contributed by atoms with Crippen LogP contribution in [0.5, 0.6) is 5.75 Å². The van der Waals surface area contributed by atoms with E-state index in [0.717, 1.165) is 11.3 Å². The average Bonchev–Trinajstić information content (AvgIpc) is 2.96. The van der Waals surface area contributed by atoms with Crippen LogP contribution < -0.4 is 15.4 Å². The van der Waals surface area contributed by atoms with Crippen molar-refractivity contribution in [3.05, 3.63) is 47.3 Å². The molecule has 160 valence electrons. The number of carbonyl (C=O) groups excluding carboxylic acids is 3. The highest BCUT2D eigenvalue weighted by Gasteiger charge is 2.18. The van der Waals surface area contributed by atoms with E-state index < -0.39 is 30.4 Å². The molecule has 1 atom stereocenters. The van der Waals surface area contributed by atoms with E-state index in [0.29, 0.717) is 17.1 Å². The van der Waals surface area contributed by atoms with Gasteiger partial charge in [0, 0.05) is 13.1 Å². The molecule has 0 saturated heterocycles. The molecular weight excluding hydrogens is 388 g/mol. The number of hydrogen-bond donors (Lipinski definition) is 2. The molecule has 0 fully saturated rings. The number of nitrogens with one attached hydrogen (secondary N) is 2. The molecule has 1 aromatic carbocycles. The van der Waals surface area contributed by atoms with Crippen LogP contribution in [0.1, 0.15) is 23.9 Å². The average molecular weight is 414 g/mol. The van der Waals surface area contributed by atoms with Crippen LogP contribution in [-0.4, -0.2) is 47.3 Å². The summed E-state index contributed by atoms with van der Waals surface area (Å²) in [7, 11) is 3.34. The molecule has 0 aliphatic heterocycles. The fourth-order valence-corrected chi connectivity index (χ4v) is 2.60. The van der Waals surface area contributed by atoms with Gasteiger partial charge in [-0.15, -0.1) is 0 Å². The summed E-state index contributed by atoms with van der Waals surface area (Å²) in [5.41, 5.74) is 2.85. The summed E-state index contributed by atoms with van der Waals surface area (Å²) in [5, 5.41) is 9.37. The van der Waals surface area contributed by atoms with Crippen molar-refractivity contribution in [1.29, 1.82) is 0 Å². The number of aryl methyl sites for hydroxylation is 2. The van der Waals surface area contributed by atoms with Gasteiger partial charge in [-0.1, -0.05) is 12.1 Å². The second-order valence-electron chi connectivity index (χ2n) is 6.66. The minimum absolute atomic E-state index is 0.457. The van der Waals surface area contributed by atoms with Crippen LogP contribution in [0.25, 0.3) is 6.08 Å². The molecule has 30 heavy (non-hydrogen) atoms. The van der Waals surface area contributed by atoms with Crippen LogP contribution >= 0.6 is 0 Å². The molecule has 2 rings (SSSR count). The van der Waals surface area contributed by atoms with Crippen molar-refractivity contribution in [3.63, 3.8) is 0 Å². The zero-order chi connectivity index (χ0) is 22.3. The third kappa shape index (κ3) is 6.20. The first-order valence-corrected chi connectivity index (χ1v) is 9.30. The van der Waals surface area contributed by atoms with Gasteiger partial charge in [0.05, 0.1) is 24.2 Å². The van der Waals surface area contributed by atoms with Crippen molar-refractivity contribution in [1.82, 2.24) is 15.1 Å². The van der Waals surface area contributed by atoms with Gasteiger partial charge < -0.3 is 20.1 Å². The molecule has 2 N–H and O–H groups in total. The highest BCUT2D eigenvalue weighted by Crippen LogP contribution is 2.18. The number of hydrogen-bond acceptors (Lipinski definition) is 6. The maximum absolute atomic E-state index is 12.0. The lowest BCUT2D eigenvalue weighted by Gasteiger charge is -2.12. The summed E-state index contributed by atoms with van der Waals surface area (Å²) in [5.74, 6) is -0.941. The summed E-state index contributed by atoms with van der Waals surface area (Å²) >= 11 is 0. The Bertz CT molecular complexity index is 947. The highest BCUT2D eigenvalue weighted by atomic mass is 16.5. The summed E-state index contributed by atoms with van der Waals surface area (Å²) in [6.45, 7) is 4.60. The van der Waals surface area contributed by atoms with E-state index >= 15 is 0 Å². The Kier molecular flexibility index (Phi) is 7.74. The molecule has 2 amide bonds. The zero-order valence-electron chi connectivity index (χ0n) is 17.7. The Morgan fingerprint density at radius 3 is 2.43 bits per heavy atom. The maximum atomic E-state index is 12.0. The number of aromatic nitrogens is 2. The summed E-state index contributed by atoms with van der Waals surface area (Å²) in [4.78, 5) is 36.1. The van der Waals surface area contributed by atoms with Crippen LogP contribution in [0, 0.1) is 13.8 Å². The van der Waals surface area contributed by atoms with Gasteiger partial charge in [0.15, 0.2) is 6.61 Å². The summed E-state index contributed by atoms with van der Waals surface area (Å²) < 4.78 is 11.7. The Morgan fingerprint density at radius 1 is 1.20 bits per heavy atom. The maximum Gasteiger partial charge on any atom is 0.328 e. The van der Waals surface area contributed by atoms with Gasteiger partial charge in [-0.2, -0.15) is 5.10 Å². The van der Waals surface area contributed by atoms with E-state index in [2.05, 4.69) is 15.7 Å². The fraction of sp³-hybridized carbons (Fsp3) is 0.333. The summed E-state index contributed by atoms with van der Waals surface area (Å²) in [6.07, 6.45) is 2.92. The van der Waals surface area contributed by atoms with Gasteiger partial charge in [-0.3, -0.25) is 14.3 Å². The first-order chi connectivity index (χ1) is 14.2. The molecule has 2 aromatic rings. The quantitative estimate of drug-likeness (QED) is 0.503. The molecule has 0 radical (unpaired) electrons. The molecule has 1 aromatic heterocycles. The van der Waals surface area contributed by atoms with Gasteiger partial charge in [0.25, 0.3) is 5.91 Å². The first kappa shape index (κ1) is 22.7. The normalized spacial score (nSPS) is 11.8. The topological polar surface area (TPSA) is 112 Å². The van der Waals surface area contributed by atoms with Crippen molar-refractivity contribution in [3.8, 4) is 5.75 Å². The Hall–Kier alpha value is -3.62. The largest absolute Gasteiger partial charge is 0.497 e. The summed E-state index contributed by atoms with van der Waals surface area (Å²) in [6, 6.07) is 6.23. The minimum atomic E-state index is -0.910. The second kappa shape index (κ2) is 10.2. The molecule has 1 heterocycles. The molecule has 0 unspecified atom stereocenters. The molecule has 0 bridgehead atoms. The number of anilines is 1. The Balaban J connectivity index is 1.79. The predicted molar refractivity (Wildman–Crippen MR) is 112 cm³/mol. The number of amides is 2. The third-order valence-electron chi connectivity index (χ3n) is 4.37. The number of rotatable bonds is 8. The van der Waals surface area contributed by atoms with Crippen LogP contribution in [0.3, 0.4) is 0 Å². The van der Waals surface area contributed by atoms with Gasteiger partial charge >= 0.3 is 5.97 Å². The number of methoxy groups -OCH3 is 1. The second-order valence-corrected chi connectivity index (χ2v) is 6.66. The number of benzene rings is 1. The van der Waals surface area contributed by atoms with Gasteiger partial charge in [-0.25, -0.2) is 4.79 Å². The fourth-order valence-electron chi connectivity index (χ4n) is 2.60. The molecule has 0 saturated carbocycles. The van der Waals surface area contributed by atoms with Crippen LogP contribution in [0.15, 0.2) is 30.3 Å². The standard InChI is InChI=1S/C21H26N4O5/c1-13-20(15(3)25(4)24-13)23-19(27)12-30-21(28)14(2)22-18(26)11-8-16-6-9-17(29-5)10-7-16/h6-11,14H,12H2,1-5H3,(H,22,26)(H,23,27)/b11-8+/t14-/m0/s1. The number of ether oxygens (including phenoxy) is 2. The molecule has 9 nitrogen and oxygen atoms in total. The van der Waals surface area contributed by atoms with Gasteiger partial charge in [0.1, 0.15) is 11.8 Å². The lowest BCUT2D eigenvalue weighted by Crippen LogP contribution is -2.39. The molecular formula is C21H26N4O5. The Morgan fingerprint density at radius 2 is 1.87 bits per heavy atom. The van der Waals surface area contributed by atoms with E-state index in [-0.39, 0.29) is 0 Å². The van der Waals surface area contributed by atoms with Crippen molar-refractivity contribution in [2.75, 3.05) is 19.0 Å². The Labute approximate surface area is 175 Å². The molecule has 0 aliphatic carbocycles. The predicted octanol–water partition coefficient (Wildman–Crippen LogP) is 1.75. The smallest absolute Gasteiger partial charge is 0.328 e. The van der Waals surface area contributed by atoms with Crippen molar-refractivity contribution in [2.24, 2.45) is 7.05 Å². The molecule has 0 spiro atoms. The van der Waals surface area contributed by atoms with Crippen molar-refractivity contribution in [2.45, 2.75) is 26.8 Å². The van der Waals surface area contributed by atoms with Crippen LogP contribution in [0.4, 0.5) is 5.69 Å². The number of carbonyl (C=O) groups is 3. The van der Waals surface area contributed by atoms with Crippen LogP contribution in [0.2, 0.25) is 0 Å². The van der Waals surface area contributed by atoms with E-state index in [9.17, 15) is 14.4 Å². The van der Waals surface area contributed by atoms with Crippen LogP contribution in [-0.2, 0) is 26.2 Å². The van der Waals surface area contributed by atoms with Gasteiger partial charge in [0.2, 0.25) is 5.91 Å². The van der Waals surface area contributed by atoms with E-state index in [1.165, 1.54) is 13.0 Å². The van der Waals surface area contributed by atoms with Crippen molar-refractivity contribution < 1.29 is 23.9 Å². The molecule has 9 heteroatoms. The van der Waals surface area contributed by atoms with Gasteiger partial charge in [-0.05, 0) is 44.5 Å². The monoisotopic (exact) mass is 414 g/mol. The lowest BCUT2D eigenvalue weighted by molar-refractivity contribution is -0.149.